The van der Waals surface area contributed by atoms with E-state index in [4.69, 9.17) is 23.2 Å². The minimum atomic E-state index is -0.534. The van der Waals surface area contributed by atoms with Crippen LogP contribution in [0.15, 0.2) is 85.5 Å². The Labute approximate surface area is 216 Å². The molecule has 6 nitrogen and oxygen atoms in total. The van der Waals surface area contributed by atoms with E-state index in [1.165, 1.54) is 24.4 Å². The lowest BCUT2D eigenvalue weighted by molar-refractivity contribution is 0.628. The molecule has 36 heavy (non-hydrogen) atoms. The SMILES string of the molecule is N#Cc1cnc2c(Cl)cc(NC(c3cccnc3)c3ccccn3)cc2c1Nc1ccc(F)c(Cl)c1. The molecule has 0 aliphatic rings. The highest BCUT2D eigenvalue weighted by Crippen LogP contribution is 2.37. The number of hydrogen-bond acceptors (Lipinski definition) is 6. The first kappa shape index (κ1) is 23.5. The average Bonchev–Trinajstić information content (AvgIpc) is 2.91. The molecule has 0 saturated heterocycles. The summed E-state index contributed by atoms with van der Waals surface area (Å²) >= 11 is 12.6. The summed E-state index contributed by atoms with van der Waals surface area (Å²) in [6.45, 7) is 0. The third-order valence-corrected chi connectivity index (χ3v) is 6.12. The normalized spacial score (nSPS) is 11.6. The molecule has 3 aromatic heterocycles. The van der Waals surface area contributed by atoms with E-state index < -0.39 is 5.82 Å². The summed E-state index contributed by atoms with van der Waals surface area (Å²) in [4.78, 5) is 13.2. The molecule has 0 amide bonds. The summed E-state index contributed by atoms with van der Waals surface area (Å²) < 4.78 is 13.7. The molecule has 0 saturated carbocycles. The average molecular weight is 515 g/mol. The molecule has 0 bridgehead atoms. The quantitative estimate of drug-likeness (QED) is 0.247. The predicted octanol–water partition coefficient (Wildman–Crippen LogP) is 7.29. The molecule has 1 unspecified atom stereocenters. The van der Waals surface area contributed by atoms with Crippen molar-refractivity contribution in [2.75, 3.05) is 10.6 Å². The van der Waals surface area contributed by atoms with Gasteiger partial charge in [0, 0.05) is 41.5 Å². The zero-order valence-corrected chi connectivity index (χ0v) is 20.1. The number of nitrogens with one attached hydrogen (secondary N) is 2. The zero-order valence-electron chi connectivity index (χ0n) is 18.6. The molecule has 0 spiro atoms. The topological polar surface area (TPSA) is 86.5 Å². The maximum absolute atomic E-state index is 13.7. The van der Waals surface area contributed by atoms with Gasteiger partial charge in [-0.05, 0) is 54.1 Å². The Kier molecular flexibility index (Phi) is 6.63. The van der Waals surface area contributed by atoms with E-state index in [0.717, 1.165) is 11.3 Å². The molecule has 0 radical (unpaired) electrons. The second-order valence-electron chi connectivity index (χ2n) is 7.89. The van der Waals surface area contributed by atoms with Crippen molar-refractivity contribution in [1.82, 2.24) is 15.0 Å². The van der Waals surface area contributed by atoms with Crippen molar-refractivity contribution < 1.29 is 4.39 Å². The number of nitrogens with zero attached hydrogens (tertiary/aromatic N) is 4. The van der Waals surface area contributed by atoms with Crippen molar-refractivity contribution in [2.24, 2.45) is 0 Å². The van der Waals surface area contributed by atoms with Gasteiger partial charge in [-0.15, -0.1) is 0 Å². The molecular formula is C27H17Cl2FN6. The summed E-state index contributed by atoms with van der Waals surface area (Å²) in [6, 6.07) is 19.2. The Hall–Kier alpha value is -4.25. The van der Waals surface area contributed by atoms with Crippen LogP contribution < -0.4 is 10.6 Å². The van der Waals surface area contributed by atoms with Crippen LogP contribution in [0.4, 0.5) is 21.5 Å². The summed E-state index contributed by atoms with van der Waals surface area (Å²) in [5.74, 6) is -0.534. The van der Waals surface area contributed by atoms with Crippen LogP contribution >= 0.6 is 23.2 Å². The van der Waals surface area contributed by atoms with Crippen molar-refractivity contribution in [1.29, 1.82) is 5.26 Å². The van der Waals surface area contributed by atoms with Crippen molar-refractivity contribution >= 4 is 51.2 Å². The fourth-order valence-electron chi connectivity index (χ4n) is 3.87. The number of anilines is 3. The first-order valence-corrected chi connectivity index (χ1v) is 11.6. The van der Waals surface area contributed by atoms with E-state index in [1.54, 1.807) is 24.7 Å². The Morgan fingerprint density at radius 3 is 2.47 bits per heavy atom. The van der Waals surface area contributed by atoms with Gasteiger partial charge in [0.1, 0.15) is 11.9 Å². The number of fused-ring (bicyclic) bond motifs is 1. The van der Waals surface area contributed by atoms with Crippen molar-refractivity contribution in [3.8, 4) is 6.07 Å². The first-order valence-electron chi connectivity index (χ1n) is 10.9. The molecule has 5 rings (SSSR count). The van der Waals surface area contributed by atoms with Crippen molar-refractivity contribution in [3.05, 3.63) is 118 Å². The summed E-state index contributed by atoms with van der Waals surface area (Å²) in [6.07, 6.45) is 6.66. The summed E-state index contributed by atoms with van der Waals surface area (Å²) in [5, 5.41) is 17.4. The Morgan fingerprint density at radius 1 is 0.889 bits per heavy atom. The smallest absolute Gasteiger partial charge is 0.141 e. The number of hydrogen-bond donors (Lipinski definition) is 2. The standard InChI is InChI=1S/C27H17Cl2FN6/c28-21-11-18(6-7-23(21)30)35-25-17(13-31)15-34-27-20(25)10-19(12-22(27)29)36-26(16-4-3-8-32-14-16)24-5-1-2-9-33-24/h1-12,14-15,26,36H,(H,34,35). The molecule has 9 heteroatoms. The van der Waals surface area contributed by atoms with Gasteiger partial charge in [0.15, 0.2) is 0 Å². The number of nitriles is 1. The van der Waals surface area contributed by atoms with Gasteiger partial charge >= 0.3 is 0 Å². The van der Waals surface area contributed by atoms with Gasteiger partial charge in [-0.2, -0.15) is 5.26 Å². The predicted molar refractivity (Wildman–Crippen MR) is 140 cm³/mol. The highest BCUT2D eigenvalue weighted by molar-refractivity contribution is 6.36. The number of pyridine rings is 3. The van der Waals surface area contributed by atoms with E-state index in [-0.39, 0.29) is 11.1 Å². The van der Waals surface area contributed by atoms with Gasteiger partial charge < -0.3 is 10.6 Å². The first-order chi connectivity index (χ1) is 17.5. The lowest BCUT2D eigenvalue weighted by Crippen LogP contribution is -2.14. The second kappa shape index (κ2) is 10.2. The third kappa shape index (κ3) is 4.78. The highest BCUT2D eigenvalue weighted by atomic mass is 35.5. The number of halogens is 3. The summed E-state index contributed by atoms with van der Waals surface area (Å²) in [7, 11) is 0. The minimum Gasteiger partial charge on any atom is -0.373 e. The van der Waals surface area contributed by atoms with Gasteiger partial charge in [-0.3, -0.25) is 15.0 Å². The van der Waals surface area contributed by atoms with Gasteiger partial charge in [0.2, 0.25) is 0 Å². The Morgan fingerprint density at radius 2 is 1.75 bits per heavy atom. The van der Waals surface area contributed by atoms with Gasteiger partial charge in [-0.1, -0.05) is 35.3 Å². The lowest BCUT2D eigenvalue weighted by Gasteiger charge is -2.21. The van der Waals surface area contributed by atoms with Crippen LogP contribution in [-0.2, 0) is 0 Å². The van der Waals surface area contributed by atoms with E-state index in [9.17, 15) is 9.65 Å². The monoisotopic (exact) mass is 514 g/mol. The largest absolute Gasteiger partial charge is 0.373 e. The fraction of sp³-hybridized carbons (Fsp3) is 0.0370. The third-order valence-electron chi connectivity index (χ3n) is 5.55. The highest BCUT2D eigenvalue weighted by Gasteiger charge is 2.18. The summed E-state index contributed by atoms with van der Waals surface area (Å²) in [5.41, 5.74) is 4.19. The molecule has 0 aliphatic carbocycles. The molecule has 0 aliphatic heterocycles. The van der Waals surface area contributed by atoms with Gasteiger partial charge in [0.25, 0.3) is 0 Å². The zero-order chi connectivity index (χ0) is 25.1. The van der Waals surface area contributed by atoms with Crippen LogP contribution in [0.5, 0.6) is 0 Å². The second-order valence-corrected chi connectivity index (χ2v) is 8.70. The number of aromatic nitrogens is 3. The molecule has 2 aromatic carbocycles. The number of benzene rings is 2. The molecule has 5 aromatic rings. The van der Waals surface area contributed by atoms with Crippen LogP contribution in [0, 0.1) is 17.1 Å². The van der Waals surface area contributed by atoms with Crippen LogP contribution in [0.2, 0.25) is 10.0 Å². The van der Waals surface area contributed by atoms with E-state index >= 15 is 0 Å². The van der Waals surface area contributed by atoms with E-state index in [1.807, 2.05) is 36.4 Å². The maximum Gasteiger partial charge on any atom is 0.141 e. The van der Waals surface area contributed by atoms with Crippen LogP contribution in [0.1, 0.15) is 22.9 Å². The van der Waals surface area contributed by atoms with Crippen LogP contribution in [0.25, 0.3) is 10.9 Å². The number of rotatable bonds is 6. The Bertz CT molecular complexity index is 1550. The Balaban J connectivity index is 1.62. The van der Waals surface area contributed by atoms with E-state index in [0.29, 0.717) is 38.6 Å². The minimum absolute atomic E-state index is 0.0352. The van der Waals surface area contributed by atoms with Crippen LogP contribution in [-0.4, -0.2) is 15.0 Å². The van der Waals surface area contributed by atoms with Gasteiger partial charge in [0.05, 0.1) is 38.5 Å². The molecule has 0 fully saturated rings. The van der Waals surface area contributed by atoms with Crippen molar-refractivity contribution in [2.45, 2.75) is 6.04 Å². The molecular weight excluding hydrogens is 498 g/mol. The maximum atomic E-state index is 13.7. The van der Waals surface area contributed by atoms with Gasteiger partial charge in [-0.25, -0.2) is 4.39 Å². The lowest BCUT2D eigenvalue weighted by atomic mass is 10.0. The molecule has 3 heterocycles. The fourth-order valence-corrected chi connectivity index (χ4v) is 4.32. The van der Waals surface area contributed by atoms with Crippen LogP contribution in [0.3, 0.4) is 0 Å². The molecule has 1 atom stereocenters. The van der Waals surface area contributed by atoms with E-state index in [2.05, 4.69) is 31.7 Å². The van der Waals surface area contributed by atoms with Crippen molar-refractivity contribution in [3.63, 3.8) is 0 Å². The molecule has 176 valence electrons. The molecule has 2 N–H and O–H groups in total.